The monoisotopic (exact) mass is 289 g/mol. The van der Waals surface area contributed by atoms with Gasteiger partial charge in [0.05, 0.1) is 5.56 Å². The lowest BCUT2D eigenvalue weighted by molar-refractivity contribution is 0.0951. The van der Waals surface area contributed by atoms with Crippen LogP contribution >= 0.6 is 0 Å². The van der Waals surface area contributed by atoms with E-state index >= 15 is 0 Å². The van der Waals surface area contributed by atoms with Gasteiger partial charge in [-0.2, -0.15) is 0 Å². The molecule has 0 aromatic heterocycles. The van der Waals surface area contributed by atoms with E-state index in [2.05, 4.69) is 17.2 Å². The van der Waals surface area contributed by atoms with Gasteiger partial charge < -0.3 is 10.4 Å². The maximum Gasteiger partial charge on any atom is 0.251 e. The number of hydrogen-bond acceptors (Lipinski definition) is 2. The van der Waals surface area contributed by atoms with E-state index in [1.807, 2.05) is 0 Å². The first-order chi connectivity index (χ1) is 10.2. The quantitative estimate of drug-likeness (QED) is 0.837. The van der Waals surface area contributed by atoms with Crippen LogP contribution in [0.2, 0.25) is 0 Å². The zero-order valence-corrected chi connectivity index (χ0v) is 12.0. The van der Waals surface area contributed by atoms with E-state index in [1.54, 1.807) is 6.07 Å². The Kier molecular flexibility index (Phi) is 5.77. The predicted molar refractivity (Wildman–Crippen MR) is 79.3 cm³/mol. The summed E-state index contributed by atoms with van der Waals surface area (Å²) in [6.07, 6.45) is 6.08. The van der Waals surface area contributed by atoms with Crippen molar-refractivity contribution < 1.29 is 14.3 Å². The molecular weight excluding hydrogens is 269 g/mol. The molecule has 112 valence electrons. The van der Waals surface area contributed by atoms with Crippen molar-refractivity contribution in [3.05, 3.63) is 35.1 Å². The Morgan fingerprint density at radius 2 is 2.14 bits per heavy atom. The number of aliphatic hydroxyl groups excluding tert-OH is 1. The highest BCUT2D eigenvalue weighted by atomic mass is 19.1. The van der Waals surface area contributed by atoms with E-state index in [0.29, 0.717) is 12.1 Å². The summed E-state index contributed by atoms with van der Waals surface area (Å²) in [6.45, 7) is 0.319. The summed E-state index contributed by atoms with van der Waals surface area (Å²) < 4.78 is 13.7. The summed E-state index contributed by atoms with van der Waals surface area (Å²) in [5.74, 6) is 4.81. The van der Waals surface area contributed by atoms with Gasteiger partial charge in [0.2, 0.25) is 0 Å². The molecule has 4 heteroatoms. The number of nitrogens with one attached hydrogen (secondary N) is 1. The smallest absolute Gasteiger partial charge is 0.251 e. The van der Waals surface area contributed by atoms with Crippen molar-refractivity contribution >= 4 is 5.91 Å². The molecule has 0 saturated heterocycles. The second-order valence-corrected chi connectivity index (χ2v) is 5.35. The number of hydrogen-bond donors (Lipinski definition) is 2. The highest BCUT2D eigenvalue weighted by Gasteiger charge is 2.15. The largest absolute Gasteiger partial charge is 0.384 e. The number of rotatable bonds is 4. The molecule has 2 rings (SSSR count). The summed E-state index contributed by atoms with van der Waals surface area (Å²) >= 11 is 0. The number of carbonyl (C=O) groups is 1. The first kappa shape index (κ1) is 15.5. The average Bonchev–Trinajstić information content (AvgIpc) is 2.99. The molecule has 0 bridgehead atoms. The fourth-order valence-corrected chi connectivity index (χ4v) is 2.68. The van der Waals surface area contributed by atoms with Crippen LogP contribution in [-0.2, 0) is 0 Å². The lowest BCUT2D eigenvalue weighted by Crippen LogP contribution is -2.25. The minimum Gasteiger partial charge on any atom is -0.384 e. The normalized spacial score (nSPS) is 14.6. The Bertz CT molecular complexity index is 554. The molecule has 1 fully saturated rings. The predicted octanol–water partition coefficient (Wildman–Crippen LogP) is 2.48. The van der Waals surface area contributed by atoms with E-state index in [9.17, 15) is 9.18 Å². The standard InChI is InChI=1S/C17H20FNO2/c18-16-12-15(8-7-14(16)6-3-11-20)17(21)19-10-9-13-4-1-2-5-13/h7-8,12-13,20H,1-2,4-5,9-11H2,(H,19,21). The Morgan fingerprint density at radius 1 is 1.38 bits per heavy atom. The molecule has 1 aromatic carbocycles. The van der Waals surface area contributed by atoms with Crippen molar-refractivity contribution in [2.24, 2.45) is 5.92 Å². The molecule has 0 spiro atoms. The van der Waals surface area contributed by atoms with Gasteiger partial charge in [-0.05, 0) is 30.5 Å². The van der Waals surface area contributed by atoms with Gasteiger partial charge in [0.15, 0.2) is 0 Å². The van der Waals surface area contributed by atoms with Gasteiger partial charge in [0.25, 0.3) is 5.91 Å². The molecule has 1 aromatic rings. The van der Waals surface area contributed by atoms with Crippen LogP contribution in [0.3, 0.4) is 0 Å². The Hall–Kier alpha value is -1.86. The summed E-state index contributed by atoms with van der Waals surface area (Å²) in [5, 5.41) is 11.4. The second-order valence-electron chi connectivity index (χ2n) is 5.35. The molecule has 1 aliphatic carbocycles. The molecule has 2 N–H and O–H groups in total. The molecular formula is C17H20FNO2. The molecule has 0 heterocycles. The average molecular weight is 289 g/mol. The number of aliphatic hydroxyl groups is 1. The number of amides is 1. The lowest BCUT2D eigenvalue weighted by Gasteiger charge is -2.10. The van der Waals surface area contributed by atoms with Gasteiger partial charge in [-0.3, -0.25) is 4.79 Å². The van der Waals surface area contributed by atoms with E-state index < -0.39 is 5.82 Å². The third kappa shape index (κ3) is 4.57. The summed E-state index contributed by atoms with van der Waals surface area (Å²) in [7, 11) is 0. The van der Waals surface area contributed by atoms with Crippen LogP contribution in [0.1, 0.15) is 48.0 Å². The molecule has 1 aliphatic rings. The van der Waals surface area contributed by atoms with Crippen molar-refractivity contribution in [2.75, 3.05) is 13.2 Å². The van der Waals surface area contributed by atoms with E-state index in [-0.39, 0.29) is 18.1 Å². The van der Waals surface area contributed by atoms with Gasteiger partial charge in [-0.25, -0.2) is 4.39 Å². The van der Waals surface area contributed by atoms with Crippen molar-refractivity contribution in [1.29, 1.82) is 0 Å². The summed E-state index contributed by atoms with van der Waals surface area (Å²) in [4.78, 5) is 11.9. The van der Waals surface area contributed by atoms with E-state index in [1.165, 1.54) is 37.8 Å². The molecule has 0 radical (unpaired) electrons. The topological polar surface area (TPSA) is 49.3 Å². The van der Waals surface area contributed by atoms with Crippen LogP contribution in [0, 0.1) is 23.6 Å². The molecule has 1 amide bonds. The van der Waals surface area contributed by atoms with Crippen LogP contribution in [0.15, 0.2) is 18.2 Å². The highest BCUT2D eigenvalue weighted by molar-refractivity contribution is 5.94. The summed E-state index contributed by atoms with van der Waals surface area (Å²) in [6, 6.07) is 4.20. The lowest BCUT2D eigenvalue weighted by atomic mass is 10.0. The van der Waals surface area contributed by atoms with Crippen LogP contribution in [0.4, 0.5) is 4.39 Å². The van der Waals surface area contributed by atoms with E-state index in [4.69, 9.17) is 5.11 Å². The first-order valence-electron chi connectivity index (χ1n) is 7.38. The number of halogens is 1. The van der Waals surface area contributed by atoms with Crippen LogP contribution in [0.5, 0.6) is 0 Å². The molecule has 21 heavy (non-hydrogen) atoms. The maximum absolute atomic E-state index is 13.7. The third-order valence-corrected chi connectivity index (χ3v) is 3.85. The minimum atomic E-state index is -0.542. The van der Waals surface area contributed by atoms with Crippen LogP contribution in [0.25, 0.3) is 0 Å². The van der Waals surface area contributed by atoms with E-state index in [0.717, 1.165) is 12.3 Å². The Labute approximate surface area is 124 Å². The van der Waals surface area contributed by atoms with Crippen molar-refractivity contribution in [3.63, 3.8) is 0 Å². The van der Waals surface area contributed by atoms with Gasteiger partial charge in [-0.15, -0.1) is 0 Å². The van der Waals surface area contributed by atoms with Crippen molar-refractivity contribution in [2.45, 2.75) is 32.1 Å². The fraction of sp³-hybridized carbons (Fsp3) is 0.471. The molecule has 3 nitrogen and oxygen atoms in total. The van der Waals surface area contributed by atoms with Crippen LogP contribution < -0.4 is 5.32 Å². The molecule has 0 unspecified atom stereocenters. The summed E-state index contributed by atoms with van der Waals surface area (Å²) in [5.41, 5.74) is 0.486. The fourth-order valence-electron chi connectivity index (χ4n) is 2.68. The molecule has 1 saturated carbocycles. The minimum absolute atomic E-state index is 0.187. The Morgan fingerprint density at radius 3 is 2.81 bits per heavy atom. The van der Waals surface area contributed by atoms with Gasteiger partial charge in [0.1, 0.15) is 12.4 Å². The van der Waals surface area contributed by atoms with Gasteiger partial charge in [-0.1, -0.05) is 37.5 Å². The van der Waals surface area contributed by atoms with Gasteiger partial charge in [0, 0.05) is 12.1 Å². The highest BCUT2D eigenvalue weighted by Crippen LogP contribution is 2.26. The van der Waals surface area contributed by atoms with Crippen LogP contribution in [-0.4, -0.2) is 24.2 Å². The SMILES string of the molecule is O=C(NCCC1CCCC1)c1ccc(C#CCO)c(F)c1. The second kappa shape index (κ2) is 7.80. The third-order valence-electron chi connectivity index (χ3n) is 3.85. The zero-order valence-electron chi connectivity index (χ0n) is 12.0. The first-order valence-corrected chi connectivity index (χ1v) is 7.38. The zero-order chi connectivity index (χ0) is 15.1. The van der Waals surface area contributed by atoms with Crippen molar-refractivity contribution in [3.8, 4) is 11.8 Å². The Balaban J connectivity index is 1.88. The van der Waals surface area contributed by atoms with Gasteiger partial charge >= 0.3 is 0 Å². The maximum atomic E-state index is 13.7. The number of benzene rings is 1. The molecule has 0 aliphatic heterocycles. The van der Waals surface area contributed by atoms with Crippen molar-refractivity contribution in [1.82, 2.24) is 5.32 Å². The molecule has 0 atom stereocenters. The number of carbonyl (C=O) groups excluding carboxylic acids is 1.